The van der Waals surface area contributed by atoms with Gasteiger partial charge in [-0.25, -0.2) is 0 Å². The second kappa shape index (κ2) is 3.95. The summed E-state index contributed by atoms with van der Waals surface area (Å²) < 4.78 is 17.4. The van der Waals surface area contributed by atoms with Crippen LogP contribution in [0.15, 0.2) is 22.8 Å². The van der Waals surface area contributed by atoms with E-state index in [0.29, 0.717) is 0 Å². The zero-order chi connectivity index (χ0) is 13.3. The van der Waals surface area contributed by atoms with E-state index < -0.39 is 20.4 Å². The predicted octanol–water partition coefficient (Wildman–Crippen LogP) is -1.61. The van der Waals surface area contributed by atoms with Crippen LogP contribution in [-0.4, -0.2) is 18.0 Å². The normalized spacial score (nSPS) is 28.1. The summed E-state index contributed by atoms with van der Waals surface area (Å²) in [5.74, 6) is 1.64. The molecule has 2 bridgehead atoms. The Morgan fingerprint density at radius 2 is 2.37 bits per heavy atom. The molecular formula is C12H13I2N2O3-. The molecule has 0 amide bonds. The molecule has 4 rings (SSSR count). The fourth-order valence-electron chi connectivity index (χ4n) is 2.18. The van der Waals surface area contributed by atoms with E-state index in [0.717, 1.165) is 23.5 Å². The van der Waals surface area contributed by atoms with E-state index in [4.69, 9.17) is 9.15 Å². The van der Waals surface area contributed by atoms with Crippen LogP contribution in [0.1, 0.15) is 18.4 Å². The summed E-state index contributed by atoms with van der Waals surface area (Å²) in [5.41, 5.74) is 0.961. The molecule has 3 aliphatic rings. The molecule has 1 aromatic heterocycles. The third-order valence-corrected chi connectivity index (χ3v) is 13.0. The zero-order valence-electron chi connectivity index (χ0n) is 10.4. The first-order valence-electron chi connectivity index (χ1n) is 5.84. The maximum absolute atomic E-state index is 12.4. The summed E-state index contributed by atoms with van der Waals surface area (Å²) in [6.07, 6.45) is 2.31. The van der Waals surface area contributed by atoms with Crippen molar-refractivity contribution in [2.75, 3.05) is 4.93 Å². The number of esters is 1. The van der Waals surface area contributed by atoms with Crippen molar-refractivity contribution in [2.24, 2.45) is 0 Å². The molecule has 0 aromatic carbocycles. The Morgan fingerprint density at radius 1 is 1.63 bits per heavy atom. The van der Waals surface area contributed by atoms with Gasteiger partial charge in [-0.1, -0.05) is 0 Å². The van der Waals surface area contributed by atoms with Crippen molar-refractivity contribution < 1.29 is 35.2 Å². The number of carbonyl (C=O) groups excluding carboxylic acids is 1. The predicted molar refractivity (Wildman–Crippen MR) is 73.8 cm³/mol. The number of fused-ring (bicyclic) bond motifs is 3. The van der Waals surface area contributed by atoms with Crippen LogP contribution in [0.5, 0.6) is 0 Å². The molecule has 104 valence electrons. The third-order valence-electron chi connectivity index (χ3n) is 3.72. The van der Waals surface area contributed by atoms with Crippen LogP contribution >= 0.6 is 20.4 Å². The molecule has 2 saturated heterocycles. The van der Waals surface area contributed by atoms with Gasteiger partial charge in [0.1, 0.15) is 0 Å². The van der Waals surface area contributed by atoms with Crippen molar-refractivity contribution in [3.63, 3.8) is 0 Å². The van der Waals surface area contributed by atoms with Gasteiger partial charge >= 0.3 is 129 Å². The topological polar surface area (TPSA) is 83.3 Å². The van der Waals surface area contributed by atoms with Crippen LogP contribution in [0.25, 0.3) is 5.57 Å². The standard InChI is InChI=1S/C12H13I2N2O3/c1-11(13-2,12-14(15-12)16-12)10(17)18-6-7-5-8-3-4-9(7)19-8/h3-4,6,15-16H,5H2,1-2H3/q-1/b7-6+. The molecule has 2 N–H and O–H groups in total. The van der Waals surface area contributed by atoms with Crippen LogP contribution in [0, 0.1) is 0 Å². The fraction of sp³-hybridized carbons (Fsp3) is 0.417. The van der Waals surface area contributed by atoms with Crippen molar-refractivity contribution in [3.8, 4) is 0 Å². The number of allylic oxidation sites excluding steroid dienone is 1. The number of hydrogen-bond acceptors (Lipinski definition) is 5. The Bertz CT molecular complexity index is 606. The third kappa shape index (κ3) is 1.67. The molecular weight excluding hydrogens is 474 g/mol. The Kier molecular flexibility index (Phi) is 2.62. The maximum atomic E-state index is 12.4. The summed E-state index contributed by atoms with van der Waals surface area (Å²) in [6.45, 7) is 2.03. The molecule has 0 radical (unpaired) electrons. The molecule has 0 spiro atoms. The molecule has 4 heterocycles. The molecule has 1 aromatic rings. The van der Waals surface area contributed by atoms with Crippen LogP contribution in [-0.2, 0) is 16.0 Å². The number of halogens is 2. The first-order valence-corrected chi connectivity index (χ1v) is 12.3. The number of rotatable bonds is 4. The summed E-state index contributed by atoms with van der Waals surface area (Å²) in [5, 5.41) is 0. The minimum absolute atomic E-state index is 0.0124. The van der Waals surface area contributed by atoms with Crippen molar-refractivity contribution >= 4 is 31.9 Å². The van der Waals surface area contributed by atoms with E-state index >= 15 is 0 Å². The summed E-state index contributed by atoms with van der Waals surface area (Å²) in [7, 11) is 0. The van der Waals surface area contributed by atoms with E-state index in [1.807, 2.05) is 19.1 Å². The molecule has 19 heavy (non-hydrogen) atoms. The summed E-state index contributed by atoms with van der Waals surface area (Å²) >= 11 is -1.37. The van der Waals surface area contributed by atoms with Crippen molar-refractivity contribution in [1.29, 1.82) is 0 Å². The van der Waals surface area contributed by atoms with Gasteiger partial charge < -0.3 is 0 Å². The molecule has 0 saturated carbocycles. The first kappa shape index (κ1) is 12.6. The Hall–Kier alpha value is -0.130. The first-order chi connectivity index (χ1) is 9.09. The van der Waals surface area contributed by atoms with Gasteiger partial charge in [-0.05, 0) is 0 Å². The van der Waals surface area contributed by atoms with Crippen molar-refractivity contribution in [2.45, 2.75) is 20.4 Å². The van der Waals surface area contributed by atoms with Crippen molar-refractivity contribution in [1.82, 2.24) is 7.06 Å². The average molecular weight is 487 g/mol. The molecule has 1 unspecified atom stereocenters. The number of alkyl halides is 3. The fourth-order valence-corrected chi connectivity index (χ4v) is 12.5. The van der Waals surface area contributed by atoms with E-state index in [-0.39, 0.29) is 34.3 Å². The van der Waals surface area contributed by atoms with Gasteiger partial charge in [-0.15, -0.1) is 0 Å². The zero-order valence-corrected chi connectivity index (χ0v) is 14.7. The minimum atomic E-state index is -1.12. The quantitative estimate of drug-likeness (QED) is 0.102. The summed E-state index contributed by atoms with van der Waals surface area (Å²) in [6, 6.07) is 3.87. The second-order valence-corrected chi connectivity index (χ2v) is 12.4. The molecule has 1 atom stereocenters. The number of carbonyl (C=O) groups is 1. The SMILES string of the molecule is C[I-]C(C)(C(=O)O/C=C1\Cc2ccc1o2)C12NI1N2. The van der Waals surface area contributed by atoms with Gasteiger partial charge in [-0.3, -0.25) is 0 Å². The van der Waals surface area contributed by atoms with E-state index in [2.05, 4.69) is 12.0 Å². The Balaban J connectivity index is 1.50. The van der Waals surface area contributed by atoms with Crippen LogP contribution < -0.4 is 28.3 Å². The van der Waals surface area contributed by atoms with Gasteiger partial charge in [0.15, 0.2) is 0 Å². The Morgan fingerprint density at radius 3 is 2.84 bits per heavy atom. The van der Waals surface area contributed by atoms with E-state index in [1.54, 1.807) is 6.26 Å². The van der Waals surface area contributed by atoms with Gasteiger partial charge in [0.2, 0.25) is 0 Å². The van der Waals surface area contributed by atoms with Gasteiger partial charge in [-0.2, -0.15) is 0 Å². The van der Waals surface area contributed by atoms with Crippen LogP contribution in [0.4, 0.5) is 0 Å². The summed E-state index contributed by atoms with van der Waals surface area (Å²) in [4.78, 5) is 14.5. The van der Waals surface area contributed by atoms with E-state index in [9.17, 15) is 4.79 Å². The Labute approximate surface area is 128 Å². The van der Waals surface area contributed by atoms with Crippen LogP contribution in [0.3, 0.4) is 0 Å². The van der Waals surface area contributed by atoms with Gasteiger partial charge in [0, 0.05) is 0 Å². The average Bonchev–Trinajstić information content (AvgIpc) is 3.17. The monoisotopic (exact) mass is 487 g/mol. The number of ether oxygens (including phenoxy) is 1. The molecule has 7 heteroatoms. The second-order valence-electron chi connectivity index (χ2n) is 4.81. The van der Waals surface area contributed by atoms with Gasteiger partial charge in [0.25, 0.3) is 0 Å². The van der Waals surface area contributed by atoms with E-state index in [1.165, 1.54) is 0 Å². The van der Waals surface area contributed by atoms with Crippen molar-refractivity contribution in [3.05, 3.63) is 29.9 Å². The molecule has 3 aliphatic heterocycles. The number of hydrogen-bond donors (Lipinski definition) is 2. The molecule has 5 nitrogen and oxygen atoms in total. The molecule has 0 aliphatic carbocycles. The van der Waals surface area contributed by atoms with Crippen LogP contribution in [0.2, 0.25) is 0 Å². The van der Waals surface area contributed by atoms with Gasteiger partial charge in [0.05, 0.1) is 0 Å². The molecule has 2 fully saturated rings. The number of furan rings is 1. The number of nitrogens with one attached hydrogen (secondary N) is 2.